The molecule has 4 nitrogen and oxygen atoms in total. The van der Waals surface area contributed by atoms with Crippen LogP contribution in [0.5, 0.6) is 0 Å². The third-order valence-electron chi connectivity index (χ3n) is 3.05. The van der Waals surface area contributed by atoms with Gasteiger partial charge in [0.05, 0.1) is 5.02 Å². The van der Waals surface area contributed by atoms with Crippen molar-refractivity contribution in [2.75, 3.05) is 5.32 Å². The molecule has 2 aromatic heterocycles. The number of benzene rings is 1. The van der Waals surface area contributed by atoms with E-state index in [0.717, 1.165) is 23.5 Å². The largest absolute Gasteiger partial charge is 0.304 e. The molecule has 0 aliphatic carbocycles. The predicted molar refractivity (Wildman–Crippen MR) is 82.7 cm³/mol. The van der Waals surface area contributed by atoms with Gasteiger partial charge in [-0.1, -0.05) is 18.5 Å². The molecule has 0 bridgehead atoms. The highest BCUT2D eigenvalue weighted by molar-refractivity contribution is 7.21. The lowest BCUT2D eigenvalue weighted by molar-refractivity contribution is 0.103. The van der Waals surface area contributed by atoms with Gasteiger partial charge in [0.15, 0.2) is 5.82 Å². The van der Waals surface area contributed by atoms with Crippen LogP contribution in [0.2, 0.25) is 5.02 Å². The molecular formula is C14H11ClFN3OS. The minimum Gasteiger partial charge on any atom is -0.304 e. The average Bonchev–Trinajstić information content (AvgIpc) is 3.03. The number of nitrogens with one attached hydrogen (secondary N) is 2. The van der Waals surface area contributed by atoms with E-state index in [1.54, 1.807) is 12.1 Å². The molecule has 2 heterocycles. The van der Waals surface area contributed by atoms with E-state index in [9.17, 15) is 9.18 Å². The molecule has 0 aliphatic rings. The van der Waals surface area contributed by atoms with Crippen LogP contribution in [0.4, 0.5) is 10.2 Å². The van der Waals surface area contributed by atoms with Crippen molar-refractivity contribution in [3.63, 3.8) is 0 Å². The van der Waals surface area contributed by atoms with Crippen molar-refractivity contribution in [3.05, 3.63) is 45.7 Å². The molecule has 0 unspecified atom stereocenters. The van der Waals surface area contributed by atoms with Gasteiger partial charge < -0.3 is 5.32 Å². The summed E-state index contributed by atoms with van der Waals surface area (Å²) in [4.78, 5) is 12.6. The van der Waals surface area contributed by atoms with E-state index in [2.05, 4.69) is 15.5 Å². The number of halogens is 2. The molecule has 0 atom stereocenters. The zero-order valence-corrected chi connectivity index (χ0v) is 12.6. The van der Waals surface area contributed by atoms with E-state index in [1.165, 1.54) is 12.1 Å². The van der Waals surface area contributed by atoms with Gasteiger partial charge in [0.1, 0.15) is 10.7 Å². The van der Waals surface area contributed by atoms with Crippen LogP contribution >= 0.6 is 22.9 Å². The summed E-state index contributed by atoms with van der Waals surface area (Å²) in [6.45, 7) is 1.98. The molecule has 0 spiro atoms. The zero-order valence-electron chi connectivity index (χ0n) is 11.0. The molecule has 21 heavy (non-hydrogen) atoms. The third kappa shape index (κ3) is 2.64. The normalized spacial score (nSPS) is 11.0. The first kappa shape index (κ1) is 14.0. The van der Waals surface area contributed by atoms with Gasteiger partial charge in [-0.25, -0.2) is 4.39 Å². The van der Waals surface area contributed by atoms with Crippen LogP contribution in [0.1, 0.15) is 22.3 Å². The zero-order chi connectivity index (χ0) is 15.0. The Labute approximate surface area is 128 Å². The van der Waals surface area contributed by atoms with Crippen molar-refractivity contribution in [2.24, 2.45) is 0 Å². The molecule has 0 saturated carbocycles. The average molecular weight is 324 g/mol. The lowest BCUT2D eigenvalue weighted by atomic mass is 10.2. The van der Waals surface area contributed by atoms with Crippen molar-refractivity contribution >= 4 is 44.7 Å². The summed E-state index contributed by atoms with van der Waals surface area (Å²) in [6, 6.07) is 6.03. The number of carbonyl (C=O) groups excluding carboxylic acids is 1. The fourth-order valence-electron chi connectivity index (χ4n) is 1.96. The van der Waals surface area contributed by atoms with E-state index in [0.29, 0.717) is 25.8 Å². The van der Waals surface area contributed by atoms with Gasteiger partial charge in [-0.2, -0.15) is 5.10 Å². The molecule has 3 rings (SSSR count). The number of H-pyrrole nitrogens is 1. The number of rotatable bonds is 3. The van der Waals surface area contributed by atoms with Crippen molar-refractivity contribution in [2.45, 2.75) is 13.3 Å². The van der Waals surface area contributed by atoms with Crippen molar-refractivity contribution in [1.29, 1.82) is 0 Å². The summed E-state index contributed by atoms with van der Waals surface area (Å²) in [5, 5.41) is 10.5. The Hall–Kier alpha value is -1.92. The van der Waals surface area contributed by atoms with Gasteiger partial charge in [0.25, 0.3) is 5.91 Å². The van der Waals surface area contributed by atoms with Gasteiger partial charge >= 0.3 is 0 Å². The second-order valence-corrected chi connectivity index (χ2v) is 5.90. The number of fused-ring (bicyclic) bond motifs is 1. The highest BCUT2D eigenvalue weighted by atomic mass is 35.5. The van der Waals surface area contributed by atoms with Gasteiger partial charge in [-0.05, 0) is 24.6 Å². The number of hydrogen-bond acceptors (Lipinski definition) is 3. The van der Waals surface area contributed by atoms with E-state index in [4.69, 9.17) is 11.6 Å². The van der Waals surface area contributed by atoms with Crippen molar-refractivity contribution in [3.8, 4) is 0 Å². The smallest absolute Gasteiger partial charge is 0.268 e. The van der Waals surface area contributed by atoms with Gasteiger partial charge in [-0.3, -0.25) is 9.89 Å². The number of thiophene rings is 1. The molecule has 0 aliphatic heterocycles. The summed E-state index contributed by atoms with van der Waals surface area (Å²) in [6.07, 6.45) is 0.797. The number of aryl methyl sites for hydroxylation is 1. The Morgan fingerprint density at radius 1 is 1.48 bits per heavy atom. The van der Waals surface area contributed by atoms with Crippen LogP contribution < -0.4 is 5.32 Å². The van der Waals surface area contributed by atoms with E-state index >= 15 is 0 Å². The van der Waals surface area contributed by atoms with E-state index in [-0.39, 0.29) is 11.7 Å². The first-order valence-electron chi connectivity index (χ1n) is 6.31. The molecule has 108 valence electrons. The fraction of sp³-hybridized carbons (Fsp3) is 0.143. The number of amides is 1. The number of carbonyl (C=O) groups is 1. The van der Waals surface area contributed by atoms with Crippen molar-refractivity contribution in [1.82, 2.24) is 10.2 Å². The molecule has 1 amide bonds. The van der Waals surface area contributed by atoms with E-state index in [1.807, 2.05) is 6.92 Å². The first-order chi connectivity index (χ1) is 10.1. The summed E-state index contributed by atoms with van der Waals surface area (Å²) in [5.41, 5.74) is 0.926. The van der Waals surface area contributed by atoms with Crippen LogP contribution in [-0.2, 0) is 6.42 Å². The highest BCUT2D eigenvalue weighted by Crippen LogP contribution is 2.36. The summed E-state index contributed by atoms with van der Waals surface area (Å²) in [7, 11) is 0. The number of anilines is 1. The molecule has 0 radical (unpaired) electrons. The van der Waals surface area contributed by atoms with Crippen LogP contribution in [0.25, 0.3) is 10.1 Å². The second kappa shape index (κ2) is 5.46. The predicted octanol–water partition coefficient (Wildman–Crippen LogP) is 4.23. The molecule has 0 fully saturated rings. The Morgan fingerprint density at radius 3 is 3.00 bits per heavy atom. The standard InChI is InChI=1S/C14H11ClFN3OS/c1-2-8-6-11(19-18-8)17-14(20)13-12(15)9-4-3-7(16)5-10(9)21-13/h3-6H,2H2,1H3,(H2,17,18,19,20). The van der Waals surface area contributed by atoms with Crippen LogP contribution in [-0.4, -0.2) is 16.1 Å². The minimum atomic E-state index is -0.354. The van der Waals surface area contributed by atoms with Gasteiger partial charge in [0, 0.05) is 21.8 Å². The molecule has 2 N–H and O–H groups in total. The lowest BCUT2D eigenvalue weighted by Crippen LogP contribution is -2.10. The second-order valence-electron chi connectivity index (χ2n) is 4.47. The Morgan fingerprint density at radius 2 is 2.29 bits per heavy atom. The topological polar surface area (TPSA) is 57.8 Å². The molecule has 3 aromatic rings. The van der Waals surface area contributed by atoms with Gasteiger partial charge in [0.2, 0.25) is 0 Å². The molecule has 7 heteroatoms. The van der Waals surface area contributed by atoms with E-state index < -0.39 is 0 Å². The summed E-state index contributed by atoms with van der Waals surface area (Å²) < 4.78 is 13.9. The quantitative estimate of drug-likeness (QED) is 0.757. The Bertz CT molecular complexity index is 827. The lowest BCUT2D eigenvalue weighted by Gasteiger charge is -1.99. The van der Waals surface area contributed by atoms with Crippen molar-refractivity contribution < 1.29 is 9.18 Å². The van der Waals surface area contributed by atoms with Crippen LogP contribution in [0, 0.1) is 5.82 Å². The summed E-state index contributed by atoms with van der Waals surface area (Å²) in [5.74, 6) is -0.264. The number of aromatic amines is 1. The number of hydrogen-bond donors (Lipinski definition) is 2. The summed E-state index contributed by atoms with van der Waals surface area (Å²) >= 11 is 7.36. The number of aromatic nitrogens is 2. The maximum atomic E-state index is 13.2. The maximum absolute atomic E-state index is 13.2. The maximum Gasteiger partial charge on any atom is 0.268 e. The Kier molecular flexibility index (Phi) is 3.65. The van der Waals surface area contributed by atoms with Crippen LogP contribution in [0.15, 0.2) is 24.3 Å². The fourth-order valence-corrected chi connectivity index (χ4v) is 3.40. The minimum absolute atomic E-state index is 0.332. The van der Waals surface area contributed by atoms with Crippen LogP contribution in [0.3, 0.4) is 0 Å². The molecule has 1 aromatic carbocycles. The molecular weight excluding hydrogens is 313 g/mol. The number of nitrogens with zero attached hydrogens (tertiary/aromatic N) is 1. The highest BCUT2D eigenvalue weighted by Gasteiger charge is 2.18. The first-order valence-corrected chi connectivity index (χ1v) is 7.51. The van der Waals surface area contributed by atoms with Gasteiger partial charge in [-0.15, -0.1) is 11.3 Å². The third-order valence-corrected chi connectivity index (χ3v) is 4.71. The molecule has 0 saturated heterocycles. The monoisotopic (exact) mass is 323 g/mol. The Balaban J connectivity index is 1.92. The SMILES string of the molecule is CCc1cc(NC(=O)c2sc3cc(F)ccc3c2Cl)n[nH]1.